The molecule has 2 aliphatic rings. The predicted octanol–water partition coefficient (Wildman–Crippen LogP) is 4.99. The Labute approximate surface area is 206 Å². The van der Waals surface area contributed by atoms with Crippen molar-refractivity contribution in [3.05, 3.63) is 59.7 Å². The summed E-state index contributed by atoms with van der Waals surface area (Å²) in [7, 11) is 0. The number of rotatable bonds is 10. The summed E-state index contributed by atoms with van der Waals surface area (Å²) in [4.78, 5) is 37.3. The molecule has 0 aliphatic heterocycles. The van der Waals surface area contributed by atoms with Crippen molar-refractivity contribution in [2.45, 2.75) is 75.8 Å². The molecule has 186 valence electrons. The molecule has 2 aliphatic carbocycles. The molecule has 0 bridgehead atoms. The van der Waals surface area contributed by atoms with E-state index in [1.165, 1.54) is 0 Å². The Hall–Kier alpha value is -3.35. The van der Waals surface area contributed by atoms with Crippen molar-refractivity contribution < 1.29 is 24.2 Å². The molecule has 0 aromatic heterocycles. The molecule has 2 amide bonds. The van der Waals surface area contributed by atoms with Gasteiger partial charge in [-0.25, -0.2) is 9.59 Å². The zero-order valence-electron chi connectivity index (χ0n) is 20.2. The summed E-state index contributed by atoms with van der Waals surface area (Å²) in [5.41, 5.74) is 3.41. The number of aliphatic carboxylic acids is 1. The average molecular weight is 479 g/mol. The SMILES string of the molecule is CCCC[C@@H](CC(=O)NC1(C(=O)O)CCCC1)NC(=O)OCC1c2ccccc2-c2ccccc21. The predicted molar refractivity (Wildman–Crippen MR) is 133 cm³/mol. The van der Waals surface area contributed by atoms with Crippen molar-refractivity contribution in [1.29, 1.82) is 0 Å². The number of carboxylic acid groups (broad SMARTS) is 1. The van der Waals surface area contributed by atoms with E-state index in [-0.39, 0.29) is 24.9 Å². The molecule has 35 heavy (non-hydrogen) atoms. The van der Waals surface area contributed by atoms with Gasteiger partial charge in [-0.15, -0.1) is 0 Å². The summed E-state index contributed by atoms with van der Waals surface area (Å²) in [5, 5.41) is 15.2. The van der Waals surface area contributed by atoms with Crippen LogP contribution in [0.4, 0.5) is 4.79 Å². The molecule has 1 atom stereocenters. The second kappa shape index (κ2) is 10.9. The van der Waals surface area contributed by atoms with E-state index < -0.39 is 23.6 Å². The number of amides is 2. The van der Waals surface area contributed by atoms with E-state index in [9.17, 15) is 19.5 Å². The molecule has 1 saturated carbocycles. The third-order valence-electron chi connectivity index (χ3n) is 7.25. The molecular formula is C28H34N2O5. The van der Waals surface area contributed by atoms with Gasteiger partial charge in [-0.2, -0.15) is 0 Å². The van der Waals surface area contributed by atoms with Crippen molar-refractivity contribution in [3.63, 3.8) is 0 Å². The van der Waals surface area contributed by atoms with E-state index in [0.717, 1.165) is 47.9 Å². The highest BCUT2D eigenvalue weighted by atomic mass is 16.5. The van der Waals surface area contributed by atoms with Gasteiger partial charge in [-0.1, -0.05) is 81.1 Å². The molecule has 2 aromatic rings. The van der Waals surface area contributed by atoms with Gasteiger partial charge in [0.2, 0.25) is 5.91 Å². The molecule has 2 aromatic carbocycles. The third kappa shape index (κ3) is 5.50. The zero-order valence-corrected chi connectivity index (χ0v) is 20.2. The van der Waals surface area contributed by atoms with Crippen molar-refractivity contribution in [1.82, 2.24) is 10.6 Å². The van der Waals surface area contributed by atoms with Crippen LogP contribution < -0.4 is 10.6 Å². The van der Waals surface area contributed by atoms with E-state index >= 15 is 0 Å². The van der Waals surface area contributed by atoms with Gasteiger partial charge in [-0.05, 0) is 41.5 Å². The fourth-order valence-corrected chi connectivity index (χ4v) is 5.40. The number of carbonyl (C=O) groups is 3. The number of unbranched alkanes of at least 4 members (excludes halogenated alkanes) is 1. The van der Waals surface area contributed by atoms with Gasteiger partial charge in [0.15, 0.2) is 0 Å². The number of nitrogens with one attached hydrogen (secondary N) is 2. The highest BCUT2D eigenvalue weighted by Gasteiger charge is 2.42. The molecule has 4 rings (SSSR count). The summed E-state index contributed by atoms with van der Waals surface area (Å²) >= 11 is 0. The summed E-state index contributed by atoms with van der Waals surface area (Å²) in [6, 6.07) is 15.9. The normalized spacial score (nSPS) is 16.7. The largest absolute Gasteiger partial charge is 0.480 e. The maximum absolute atomic E-state index is 12.7. The van der Waals surface area contributed by atoms with Crippen LogP contribution in [-0.2, 0) is 14.3 Å². The molecule has 0 heterocycles. The lowest BCUT2D eigenvalue weighted by Gasteiger charge is -2.27. The number of hydrogen-bond acceptors (Lipinski definition) is 4. The molecule has 0 unspecified atom stereocenters. The molecule has 0 saturated heterocycles. The Kier molecular flexibility index (Phi) is 7.73. The average Bonchev–Trinajstić information content (AvgIpc) is 3.45. The Balaban J connectivity index is 1.37. The smallest absolute Gasteiger partial charge is 0.407 e. The first kappa shape index (κ1) is 24.8. The number of benzene rings is 2. The van der Waals surface area contributed by atoms with Crippen LogP contribution in [0.5, 0.6) is 0 Å². The quantitative estimate of drug-likeness (QED) is 0.446. The van der Waals surface area contributed by atoms with Gasteiger partial charge in [0.05, 0.1) is 0 Å². The van der Waals surface area contributed by atoms with Crippen LogP contribution in [-0.4, -0.2) is 41.3 Å². The number of alkyl carbamates (subject to hydrolysis) is 1. The summed E-state index contributed by atoms with van der Waals surface area (Å²) in [5.74, 6) is -1.38. The van der Waals surface area contributed by atoms with Crippen LogP contribution in [0.25, 0.3) is 11.1 Å². The van der Waals surface area contributed by atoms with Crippen LogP contribution in [0.15, 0.2) is 48.5 Å². The minimum Gasteiger partial charge on any atom is -0.480 e. The molecule has 0 radical (unpaired) electrons. The summed E-state index contributed by atoms with van der Waals surface area (Å²) in [6.45, 7) is 2.25. The lowest BCUT2D eigenvalue weighted by Crippen LogP contribution is -2.53. The molecular weight excluding hydrogens is 444 g/mol. The first-order valence-electron chi connectivity index (χ1n) is 12.6. The van der Waals surface area contributed by atoms with Crippen LogP contribution in [0.1, 0.15) is 75.3 Å². The fourth-order valence-electron chi connectivity index (χ4n) is 5.40. The van der Waals surface area contributed by atoms with E-state index in [0.29, 0.717) is 19.3 Å². The molecule has 7 nitrogen and oxygen atoms in total. The maximum Gasteiger partial charge on any atom is 0.407 e. The minimum absolute atomic E-state index is 0.0270. The van der Waals surface area contributed by atoms with E-state index in [4.69, 9.17) is 4.74 Å². The van der Waals surface area contributed by atoms with Crippen LogP contribution in [0, 0.1) is 0 Å². The van der Waals surface area contributed by atoms with E-state index in [1.54, 1.807) is 0 Å². The van der Waals surface area contributed by atoms with Gasteiger partial charge in [0.1, 0.15) is 12.1 Å². The second-order valence-electron chi connectivity index (χ2n) is 9.66. The lowest BCUT2D eigenvalue weighted by atomic mass is 9.97. The first-order chi connectivity index (χ1) is 16.9. The highest BCUT2D eigenvalue weighted by molar-refractivity contribution is 5.87. The number of carbonyl (C=O) groups excluding carboxylic acids is 2. The lowest BCUT2D eigenvalue weighted by molar-refractivity contribution is -0.147. The number of ether oxygens (including phenoxy) is 1. The Morgan fingerprint density at radius 1 is 1.03 bits per heavy atom. The van der Waals surface area contributed by atoms with Crippen molar-refractivity contribution in [3.8, 4) is 11.1 Å². The molecule has 0 spiro atoms. The number of fused-ring (bicyclic) bond motifs is 3. The Morgan fingerprint density at radius 2 is 1.63 bits per heavy atom. The first-order valence-corrected chi connectivity index (χ1v) is 12.6. The van der Waals surface area contributed by atoms with Gasteiger partial charge in [-0.3, -0.25) is 4.79 Å². The topological polar surface area (TPSA) is 105 Å². The van der Waals surface area contributed by atoms with Crippen molar-refractivity contribution in [2.24, 2.45) is 0 Å². The fraction of sp³-hybridized carbons (Fsp3) is 0.464. The third-order valence-corrected chi connectivity index (χ3v) is 7.25. The number of carboxylic acids is 1. The second-order valence-corrected chi connectivity index (χ2v) is 9.66. The maximum atomic E-state index is 12.7. The Bertz CT molecular complexity index is 1030. The summed E-state index contributed by atoms with van der Waals surface area (Å²) in [6.07, 6.45) is 4.28. The van der Waals surface area contributed by atoms with Gasteiger partial charge >= 0.3 is 12.1 Å². The van der Waals surface area contributed by atoms with E-state index in [2.05, 4.69) is 34.9 Å². The highest BCUT2D eigenvalue weighted by Crippen LogP contribution is 2.44. The molecule has 1 fully saturated rings. The van der Waals surface area contributed by atoms with Gasteiger partial charge in [0, 0.05) is 18.4 Å². The van der Waals surface area contributed by atoms with Gasteiger partial charge < -0.3 is 20.5 Å². The van der Waals surface area contributed by atoms with Crippen LogP contribution >= 0.6 is 0 Å². The van der Waals surface area contributed by atoms with E-state index in [1.807, 2.05) is 31.2 Å². The standard InChI is InChI=1S/C28H34N2O5/c1-2-3-10-19(17-25(31)30-28(26(32)33)15-8-9-16-28)29-27(34)35-18-24-22-13-6-4-11-20(22)21-12-5-7-14-23(21)24/h4-7,11-14,19,24H,2-3,8-10,15-18H2,1H3,(H,29,34)(H,30,31)(H,32,33)/t19-/m0/s1. The monoisotopic (exact) mass is 478 g/mol. The van der Waals surface area contributed by atoms with Gasteiger partial charge in [0.25, 0.3) is 0 Å². The van der Waals surface area contributed by atoms with Crippen molar-refractivity contribution in [2.75, 3.05) is 6.61 Å². The Morgan fingerprint density at radius 3 is 2.20 bits per heavy atom. The van der Waals surface area contributed by atoms with Crippen molar-refractivity contribution >= 4 is 18.0 Å². The summed E-state index contributed by atoms with van der Waals surface area (Å²) < 4.78 is 5.65. The van der Waals surface area contributed by atoms with Crippen LogP contribution in [0.3, 0.4) is 0 Å². The molecule has 7 heteroatoms. The molecule has 3 N–H and O–H groups in total. The number of hydrogen-bond donors (Lipinski definition) is 3. The zero-order chi connectivity index (χ0) is 24.8. The van der Waals surface area contributed by atoms with Crippen LogP contribution in [0.2, 0.25) is 0 Å². The minimum atomic E-state index is -1.18.